The molecule has 0 radical (unpaired) electrons. The minimum atomic E-state index is -0.822. The number of para-hydroxylation sites is 1. The van der Waals surface area contributed by atoms with Crippen molar-refractivity contribution >= 4 is 5.97 Å². The summed E-state index contributed by atoms with van der Waals surface area (Å²) in [5, 5.41) is 9.11. The third-order valence-corrected chi connectivity index (χ3v) is 3.25. The molecule has 0 fully saturated rings. The molecule has 0 aromatic heterocycles. The Labute approximate surface area is 108 Å². The number of carboxylic acid groups (broad SMARTS) is 1. The van der Waals surface area contributed by atoms with Gasteiger partial charge in [0.1, 0.15) is 5.75 Å². The van der Waals surface area contributed by atoms with Gasteiger partial charge in [0.25, 0.3) is 0 Å². The van der Waals surface area contributed by atoms with Crippen molar-refractivity contribution in [2.45, 2.75) is 25.8 Å². The van der Waals surface area contributed by atoms with Crippen LogP contribution in [0.3, 0.4) is 0 Å². The third kappa shape index (κ3) is 3.01. The van der Waals surface area contributed by atoms with Crippen molar-refractivity contribution in [3.8, 4) is 5.75 Å². The van der Waals surface area contributed by atoms with Gasteiger partial charge in [-0.15, -0.1) is 0 Å². The second-order valence-electron chi connectivity index (χ2n) is 4.67. The predicted octanol–water partition coefficient (Wildman–Crippen LogP) is 2.34. The van der Waals surface area contributed by atoms with Crippen molar-refractivity contribution in [2.75, 3.05) is 20.7 Å². The lowest BCUT2D eigenvalue weighted by molar-refractivity contribution is -0.140. The third-order valence-electron chi connectivity index (χ3n) is 3.25. The topological polar surface area (TPSA) is 49.8 Å². The smallest absolute Gasteiger partial charge is 0.305 e. The molecule has 1 aromatic carbocycles. The zero-order valence-electron chi connectivity index (χ0n) is 11.4. The van der Waals surface area contributed by atoms with E-state index in [4.69, 9.17) is 9.84 Å². The summed E-state index contributed by atoms with van der Waals surface area (Å²) in [6, 6.07) is 7.60. The molecule has 0 heterocycles. The highest BCUT2D eigenvalue weighted by molar-refractivity contribution is 5.69. The van der Waals surface area contributed by atoms with Crippen LogP contribution >= 0.6 is 0 Å². The Hall–Kier alpha value is -1.55. The van der Waals surface area contributed by atoms with Gasteiger partial charge >= 0.3 is 5.97 Å². The van der Waals surface area contributed by atoms with Gasteiger partial charge < -0.3 is 9.84 Å². The summed E-state index contributed by atoms with van der Waals surface area (Å²) >= 11 is 0. The summed E-state index contributed by atoms with van der Waals surface area (Å²) < 4.78 is 5.60. The van der Waals surface area contributed by atoms with Crippen molar-refractivity contribution in [1.29, 1.82) is 0 Å². The summed E-state index contributed by atoms with van der Waals surface area (Å²) in [5.74, 6) is -0.0741. The van der Waals surface area contributed by atoms with Crippen LogP contribution in [0, 0.1) is 0 Å². The van der Waals surface area contributed by atoms with E-state index < -0.39 is 11.5 Å². The summed E-state index contributed by atoms with van der Waals surface area (Å²) in [4.78, 5) is 13.0. The van der Waals surface area contributed by atoms with Gasteiger partial charge in [-0.2, -0.15) is 0 Å². The fourth-order valence-electron chi connectivity index (χ4n) is 1.98. The molecule has 18 heavy (non-hydrogen) atoms. The maximum Gasteiger partial charge on any atom is 0.305 e. The van der Waals surface area contributed by atoms with Crippen LogP contribution in [0.2, 0.25) is 0 Å². The molecule has 4 nitrogen and oxygen atoms in total. The first-order valence-corrected chi connectivity index (χ1v) is 6.03. The Bertz CT molecular complexity index is 417. The van der Waals surface area contributed by atoms with E-state index in [9.17, 15) is 4.79 Å². The largest absolute Gasteiger partial charge is 0.494 e. The summed E-state index contributed by atoms with van der Waals surface area (Å²) in [6.07, 6.45) is 0.0318. The molecule has 0 aliphatic heterocycles. The van der Waals surface area contributed by atoms with E-state index >= 15 is 0 Å². The molecule has 100 valence electrons. The van der Waals surface area contributed by atoms with Crippen LogP contribution in [0.25, 0.3) is 0 Å². The molecule has 4 heteroatoms. The lowest BCUT2D eigenvalue weighted by Gasteiger charge is -2.36. The maximum atomic E-state index is 11.1. The Morgan fingerprint density at radius 1 is 1.39 bits per heavy atom. The molecule has 0 bridgehead atoms. The number of carboxylic acids is 1. The molecule has 0 aliphatic rings. The SMILES string of the molecule is CCOc1ccccc1C(C)(CC(=O)O)N(C)C. The highest BCUT2D eigenvalue weighted by Crippen LogP contribution is 2.36. The predicted molar refractivity (Wildman–Crippen MR) is 70.9 cm³/mol. The lowest BCUT2D eigenvalue weighted by atomic mass is 9.86. The Morgan fingerprint density at radius 2 is 2.00 bits per heavy atom. The van der Waals surface area contributed by atoms with Gasteiger partial charge in [0.15, 0.2) is 0 Å². The average Bonchev–Trinajstić information content (AvgIpc) is 2.28. The summed E-state index contributed by atoms with van der Waals surface area (Å²) in [5.41, 5.74) is 0.316. The zero-order valence-corrected chi connectivity index (χ0v) is 11.4. The van der Waals surface area contributed by atoms with E-state index in [1.54, 1.807) is 0 Å². The van der Waals surface area contributed by atoms with Crippen molar-refractivity contribution in [2.24, 2.45) is 0 Å². The van der Waals surface area contributed by atoms with Gasteiger partial charge in [0.2, 0.25) is 0 Å². The second kappa shape index (κ2) is 5.87. The first-order valence-electron chi connectivity index (χ1n) is 6.03. The monoisotopic (exact) mass is 251 g/mol. The fraction of sp³-hybridized carbons (Fsp3) is 0.500. The molecule has 0 saturated heterocycles. The van der Waals surface area contributed by atoms with Crippen molar-refractivity contribution in [1.82, 2.24) is 4.90 Å². The Balaban J connectivity index is 3.24. The van der Waals surface area contributed by atoms with Crippen LogP contribution in [-0.2, 0) is 10.3 Å². The van der Waals surface area contributed by atoms with E-state index in [0.29, 0.717) is 6.61 Å². The molecule has 1 aromatic rings. The van der Waals surface area contributed by atoms with Gasteiger partial charge in [0, 0.05) is 5.56 Å². The molecule has 1 N–H and O–H groups in total. The van der Waals surface area contributed by atoms with Crippen molar-refractivity contribution in [3.63, 3.8) is 0 Å². The number of nitrogens with zero attached hydrogens (tertiary/aromatic N) is 1. The molecule has 1 rings (SSSR count). The lowest BCUT2D eigenvalue weighted by Crippen LogP contribution is -2.40. The van der Waals surface area contributed by atoms with Crippen molar-refractivity contribution in [3.05, 3.63) is 29.8 Å². The Kier molecular flexibility index (Phi) is 4.73. The zero-order chi connectivity index (χ0) is 13.8. The van der Waals surface area contributed by atoms with E-state index in [2.05, 4.69) is 0 Å². The van der Waals surface area contributed by atoms with Gasteiger partial charge in [-0.05, 0) is 34.0 Å². The quantitative estimate of drug-likeness (QED) is 0.843. The van der Waals surface area contributed by atoms with Gasteiger partial charge in [-0.3, -0.25) is 9.69 Å². The minimum Gasteiger partial charge on any atom is -0.494 e. The van der Waals surface area contributed by atoms with E-state index in [0.717, 1.165) is 11.3 Å². The molecule has 1 atom stereocenters. The normalized spacial score (nSPS) is 14.3. The van der Waals surface area contributed by atoms with E-state index in [-0.39, 0.29) is 6.42 Å². The molecule has 0 spiro atoms. The highest BCUT2D eigenvalue weighted by Gasteiger charge is 2.34. The minimum absolute atomic E-state index is 0.0318. The van der Waals surface area contributed by atoms with E-state index in [1.165, 1.54) is 0 Å². The Morgan fingerprint density at radius 3 is 2.50 bits per heavy atom. The number of rotatable bonds is 6. The molecule has 0 saturated carbocycles. The molecule has 1 unspecified atom stereocenters. The first kappa shape index (κ1) is 14.5. The van der Waals surface area contributed by atoms with Crippen molar-refractivity contribution < 1.29 is 14.6 Å². The van der Waals surface area contributed by atoms with E-state index in [1.807, 2.05) is 57.1 Å². The van der Waals surface area contributed by atoms with Crippen LogP contribution in [0.15, 0.2) is 24.3 Å². The van der Waals surface area contributed by atoms with Crippen LogP contribution in [-0.4, -0.2) is 36.7 Å². The first-order chi connectivity index (χ1) is 8.41. The van der Waals surface area contributed by atoms with Gasteiger partial charge in [-0.25, -0.2) is 0 Å². The molecular weight excluding hydrogens is 230 g/mol. The number of benzene rings is 1. The number of carbonyl (C=O) groups is 1. The van der Waals surface area contributed by atoms with Crippen LogP contribution in [0.1, 0.15) is 25.8 Å². The van der Waals surface area contributed by atoms with Gasteiger partial charge in [0.05, 0.1) is 18.6 Å². The summed E-state index contributed by atoms with van der Waals surface area (Å²) in [7, 11) is 3.76. The van der Waals surface area contributed by atoms with Crippen LogP contribution < -0.4 is 4.74 Å². The molecule has 0 amide bonds. The average molecular weight is 251 g/mol. The van der Waals surface area contributed by atoms with Crippen LogP contribution in [0.4, 0.5) is 0 Å². The fourth-order valence-corrected chi connectivity index (χ4v) is 1.98. The molecule has 0 aliphatic carbocycles. The second-order valence-corrected chi connectivity index (χ2v) is 4.67. The standard InChI is InChI=1S/C14H21NO3/c1-5-18-12-9-7-6-8-11(12)14(2,15(3)4)10-13(16)17/h6-9H,5,10H2,1-4H3,(H,16,17). The highest BCUT2D eigenvalue weighted by atomic mass is 16.5. The summed E-state index contributed by atoms with van der Waals surface area (Å²) in [6.45, 7) is 4.40. The van der Waals surface area contributed by atoms with Gasteiger partial charge in [-0.1, -0.05) is 18.2 Å². The number of hydrogen-bond donors (Lipinski definition) is 1. The number of hydrogen-bond acceptors (Lipinski definition) is 3. The number of aliphatic carboxylic acids is 1. The molecular formula is C14H21NO3. The number of ether oxygens (including phenoxy) is 1. The van der Waals surface area contributed by atoms with Crippen LogP contribution in [0.5, 0.6) is 5.75 Å². The maximum absolute atomic E-state index is 11.1.